The van der Waals surface area contributed by atoms with E-state index in [1.54, 1.807) is 0 Å². The number of anilines is 2. The Balaban J connectivity index is 1.49. The zero-order valence-corrected chi connectivity index (χ0v) is 22.7. The number of aromatic nitrogens is 3. The zero-order chi connectivity index (χ0) is 25.4. The first-order valence-corrected chi connectivity index (χ1v) is 14.7. The topological polar surface area (TPSA) is 92.0 Å². The van der Waals surface area contributed by atoms with Gasteiger partial charge in [-0.3, -0.25) is 0 Å². The summed E-state index contributed by atoms with van der Waals surface area (Å²) in [4.78, 5) is 17.8. The van der Waals surface area contributed by atoms with E-state index in [1.807, 2.05) is 6.20 Å². The lowest BCUT2D eigenvalue weighted by molar-refractivity contribution is 0.392. The number of hydrogen-bond donors (Lipinski definition) is 3. The summed E-state index contributed by atoms with van der Waals surface area (Å²) in [5, 5.41) is 9.68. The van der Waals surface area contributed by atoms with Crippen LogP contribution in [0.5, 0.6) is 0 Å². The van der Waals surface area contributed by atoms with E-state index in [4.69, 9.17) is 20.7 Å². The molecule has 4 aliphatic rings. The molecule has 0 radical (unpaired) electrons. The molecule has 0 amide bonds. The van der Waals surface area contributed by atoms with Gasteiger partial charge in [-0.05, 0) is 62.5 Å². The van der Waals surface area contributed by atoms with E-state index in [-0.39, 0.29) is 11.6 Å². The highest BCUT2D eigenvalue weighted by molar-refractivity contribution is 5.72. The average molecular weight is 502 g/mol. The molecule has 6 rings (SSSR count). The van der Waals surface area contributed by atoms with Crippen LogP contribution in [0.2, 0.25) is 0 Å². The molecule has 37 heavy (non-hydrogen) atoms. The fraction of sp³-hybridized carbons (Fsp3) is 0.633. The van der Waals surface area contributed by atoms with Gasteiger partial charge in [0.1, 0.15) is 11.6 Å². The van der Waals surface area contributed by atoms with Crippen LogP contribution in [0.1, 0.15) is 83.6 Å². The van der Waals surface area contributed by atoms with Crippen LogP contribution in [0.3, 0.4) is 0 Å². The number of pyridine rings is 1. The van der Waals surface area contributed by atoms with Crippen LogP contribution in [0.25, 0.3) is 23.2 Å². The monoisotopic (exact) mass is 501 g/mol. The fourth-order valence-electron chi connectivity index (χ4n) is 6.72. The molecule has 1 saturated carbocycles. The van der Waals surface area contributed by atoms with Gasteiger partial charge in [0, 0.05) is 60.0 Å². The lowest BCUT2D eigenvalue weighted by atomic mass is 9.78. The summed E-state index contributed by atoms with van der Waals surface area (Å²) >= 11 is 0. The lowest BCUT2D eigenvalue weighted by Gasteiger charge is -2.32. The van der Waals surface area contributed by atoms with E-state index in [1.165, 1.54) is 54.9 Å². The predicted octanol–water partition coefficient (Wildman–Crippen LogP) is 3.46. The van der Waals surface area contributed by atoms with Crippen molar-refractivity contribution in [1.82, 2.24) is 20.3 Å². The van der Waals surface area contributed by atoms with Gasteiger partial charge in [-0.1, -0.05) is 39.5 Å². The van der Waals surface area contributed by atoms with E-state index in [2.05, 4.69) is 41.6 Å². The molecule has 1 saturated heterocycles. The smallest absolute Gasteiger partial charge is 0.162 e. The van der Waals surface area contributed by atoms with Gasteiger partial charge in [0.2, 0.25) is 0 Å². The molecule has 2 unspecified atom stereocenters. The Morgan fingerprint density at radius 2 is 2.03 bits per heavy atom. The molecule has 198 valence electrons. The Bertz CT molecular complexity index is 1270. The summed E-state index contributed by atoms with van der Waals surface area (Å²) in [6, 6.07) is 2.31. The molecule has 0 spiro atoms. The molecular formula is C30H43N7. The molecule has 3 aliphatic heterocycles. The average Bonchev–Trinajstić information content (AvgIpc) is 3.13. The molecule has 2 aromatic heterocycles. The third kappa shape index (κ3) is 4.60. The highest BCUT2D eigenvalue weighted by Crippen LogP contribution is 2.41. The highest BCUT2D eigenvalue weighted by atomic mass is 15.2. The first-order valence-electron chi connectivity index (χ1n) is 14.7. The second kappa shape index (κ2) is 10.2. The summed E-state index contributed by atoms with van der Waals surface area (Å²) in [7, 11) is 0. The van der Waals surface area contributed by atoms with Gasteiger partial charge in [0.15, 0.2) is 5.82 Å². The van der Waals surface area contributed by atoms with E-state index in [9.17, 15) is 0 Å². The van der Waals surface area contributed by atoms with Gasteiger partial charge in [-0.15, -0.1) is 0 Å². The van der Waals surface area contributed by atoms with Crippen LogP contribution < -0.4 is 31.8 Å². The van der Waals surface area contributed by atoms with Gasteiger partial charge in [-0.2, -0.15) is 0 Å². The maximum atomic E-state index is 6.55. The molecule has 0 aromatic carbocycles. The number of unbranched alkanes of at least 4 members (excludes halogenated alkanes) is 1. The van der Waals surface area contributed by atoms with Gasteiger partial charge < -0.3 is 21.3 Å². The van der Waals surface area contributed by atoms with Crippen molar-refractivity contribution < 1.29 is 0 Å². The molecule has 1 aliphatic carbocycles. The number of hydrogen-bond acceptors (Lipinski definition) is 7. The first-order chi connectivity index (χ1) is 18.1. The summed E-state index contributed by atoms with van der Waals surface area (Å²) < 4.78 is 0. The number of nitrogens with one attached hydrogen (secondary N) is 2. The van der Waals surface area contributed by atoms with Gasteiger partial charge in [0.25, 0.3) is 0 Å². The molecule has 2 aromatic rings. The minimum absolute atomic E-state index is 0.0783. The SMILES string of the molecule is CCCCC1(CC)Cc2c(-c3nc(N4CCCCC(N)C4)c4c(n3)=CNCC=4C3CCC3)ccnc2N1. The maximum Gasteiger partial charge on any atom is 0.162 e. The second-order valence-corrected chi connectivity index (χ2v) is 11.7. The number of nitrogens with two attached hydrogens (primary N) is 1. The Kier molecular flexibility index (Phi) is 6.82. The van der Waals surface area contributed by atoms with Crippen molar-refractivity contribution in [2.24, 2.45) is 11.7 Å². The predicted molar refractivity (Wildman–Crippen MR) is 152 cm³/mol. The Labute approximate surface area is 221 Å². The third-order valence-electron chi connectivity index (χ3n) is 9.26. The molecule has 2 atom stereocenters. The van der Waals surface area contributed by atoms with Crippen molar-refractivity contribution in [1.29, 1.82) is 0 Å². The summed E-state index contributed by atoms with van der Waals surface area (Å²) in [5.74, 6) is 3.58. The lowest BCUT2D eigenvalue weighted by Crippen LogP contribution is -2.48. The Morgan fingerprint density at radius 3 is 2.81 bits per heavy atom. The molecule has 7 heteroatoms. The van der Waals surface area contributed by atoms with Crippen LogP contribution in [-0.2, 0) is 6.42 Å². The largest absolute Gasteiger partial charge is 0.385 e. The van der Waals surface area contributed by atoms with Crippen molar-refractivity contribution >= 4 is 23.4 Å². The standard InChI is InChI=1S/C30H43N7/c1-3-5-13-30(4-2)16-23-22(12-14-33-27(23)36-30)28-34-25-18-32-17-24(20-9-8-10-20)26(25)29(35-28)37-15-7-6-11-21(31)19-37/h12,14,18,20-21,32H,3-11,13,15-17,19,31H2,1-2H3,(H,33,36). The van der Waals surface area contributed by atoms with E-state index >= 15 is 0 Å². The van der Waals surface area contributed by atoms with Crippen molar-refractivity contribution in [3.05, 3.63) is 28.4 Å². The van der Waals surface area contributed by atoms with Crippen molar-refractivity contribution in [3.8, 4) is 11.4 Å². The van der Waals surface area contributed by atoms with Crippen LogP contribution in [-0.4, -0.2) is 46.2 Å². The van der Waals surface area contributed by atoms with Crippen molar-refractivity contribution in [3.63, 3.8) is 0 Å². The summed E-state index contributed by atoms with van der Waals surface area (Å²) in [6.07, 6.45) is 17.0. The number of nitrogens with zero attached hydrogens (tertiary/aromatic N) is 4. The van der Waals surface area contributed by atoms with Crippen LogP contribution >= 0.6 is 0 Å². The van der Waals surface area contributed by atoms with Crippen molar-refractivity contribution in [2.45, 2.75) is 96.1 Å². The summed E-state index contributed by atoms with van der Waals surface area (Å²) in [5.41, 5.74) is 10.5. The number of fused-ring (bicyclic) bond motifs is 2. The van der Waals surface area contributed by atoms with Crippen LogP contribution in [0.15, 0.2) is 12.3 Å². The van der Waals surface area contributed by atoms with Crippen LogP contribution in [0, 0.1) is 5.92 Å². The highest BCUT2D eigenvalue weighted by Gasteiger charge is 2.37. The normalized spacial score (nSPS) is 25.3. The summed E-state index contributed by atoms with van der Waals surface area (Å²) in [6.45, 7) is 7.33. The Morgan fingerprint density at radius 1 is 1.14 bits per heavy atom. The molecule has 2 fully saturated rings. The molecule has 5 heterocycles. The van der Waals surface area contributed by atoms with Crippen molar-refractivity contribution in [2.75, 3.05) is 29.9 Å². The second-order valence-electron chi connectivity index (χ2n) is 11.7. The first kappa shape index (κ1) is 24.7. The molecule has 4 N–H and O–H groups in total. The van der Waals surface area contributed by atoms with Crippen LogP contribution in [0.4, 0.5) is 11.6 Å². The van der Waals surface area contributed by atoms with E-state index in [0.29, 0.717) is 5.92 Å². The van der Waals surface area contributed by atoms with E-state index < -0.39 is 0 Å². The van der Waals surface area contributed by atoms with Gasteiger partial charge >= 0.3 is 0 Å². The minimum Gasteiger partial charge on any atom is -0.385 e. The maximum absolute atomic E-state index is 6.55. The van der Waals surface area contributed by atoms with Gasteiger partial charge in [0.05, 0.1) is 5.35 Å². The van der Waals surface area contributed by atoms with E-state index in [0.717, 1.165) is 80.1 Å². The molecule has 7 nitrogen and oxygen atoms in total. The number of rotatable bonds is 7. The quantitative estimate of drug-likeness (QED) is 0.535. The van der Waals surface area contributed by atoms with Gasteiger partial charge in [-0.25, -0.2) is 15.0 Å². The zero-order valence-electron chi connectivity index (χ0n) is 22.7. The fourth-order valence-corrected chi connectivity index (χ4v) is 6.72. The molecular weight excluding hydrogens is 458 g/mol. The Hall–Kier alpha value is -2.67. The minimum atomic E-state index is 0.0783. The molecule has 0 bridgehead atoms. The third-order valence-corrected chi connectivity index (χ3v) is 9.26.